The Balaban J connectivity index is 2.46. The quantitative estimate of drug-likeness (QED) is 0.761. The fraction of sp³-hybridized carbons (Fsp3) is 0.538. The van der Waals surface area contributed by atoms with Gasteiger partial charge in [-0.3, -0.25) is 9.69 Å². The molecule has 2 heterocycles. The maximum atomic E-state index is 12.7. The van der Waals surface area contributed by atoms with Gasteiger partial charge < -0.3 is 15.3 Å². The number of carbonyl (C=O) groups excluding carboxylic acids is 1. The van der Waals surface area contributed by atoms with Crippen molar-refractivity contribution < 1.29 is 14.7 Å². The number of carboxylic acid groups (broad SMARTS) is 1. The minimum Gasteiger partial charge on any atom is -0.465 e. The van der Waals surface area contributed by atoms with Gasteiger partial charge in [-0.05, 0) is 20.8 Å². The Labute approximate surface area is 133 Å². The number of carbonyl (C=O) groups is 2. The zero-order valence-electron chi connectivity index (χ0n) is 12.8. The summed E-state index contributed by atoms with van der Waals surface area (Å²) >= 11 is 6.04. The third kappa shape index (κ3) is 2.78. The Kier molecular flexibility index (Phi) is 4.15. The molecule has 2 N–H and O–H groups in total. The molecule has 22 heavy (non-hydrogen) atoms. The lowest BCUT2D eigenvalue weighted by molar-refractivity contribution is -0.124. The van der Waals surface area contributed by atoms with E-state index in [2.05, 4.69) is 15.3 Å². The van der Waals surface area contributed by atoms with Crippen molar-refractivity contribution in [3.63, 3.8) is 0 Å². The summed E-state index contributed by atoms with van der Waals surface area (Å²) in [6.45, 7) is 5.31. The van der Waals surface area contributed by atoms with E-state index in [1.54, 1.807) is 20.8 Å². The Morgan fingerprint density at radius 1 is 1.50 bits per heavy atom. The number of hydrogen-bond acceptors (Lipinski definition) is 5. The van der Waals surface area contributed by atoms with Crippen molar-refractivity contribution in [3.05, 3.63) is 11.5 Å². The molecule has 1 aromatic rings. The van der Waals surface area contributed by atoms with Gasteiger partial charge in [0.15, 0.2) is 11.0 Å². The van der Waals surface area contributed by atoms with E-state index >= 15 is 0 Å². The summed E-state index contributed by atoms with van der Waals surface area (Å²) in [7, 11) is 1.53. The van der Waals surface area contributed by atoms with Crippen molar-refractivity contribution >= 4 is 35.1 Å². The van der Waals surface area contributed by atoms with Crippen molar-refractivity contribution in [3.8, 4) is 0 Å². The molecule has 0 aromatic carbocycles. The number of amides is 2. The van der Waals surface area contributed by atoms with Gasteiger partial charge in [0.1, 0.15) is 18.1 Å². The molecule has 0 saturated carbocycles. The van der Waals surface area contributed by atoms with Gasteiger partial charge in [0.2, 0.25) is 0 Å². The molecule has 1 aromatic heterocycles. The van der Waals surface area contributed by atoms with Gasteiger partial charge in [-0.25, -0.2) is 14.8 Å². The highest BCUT2D eigenvalue weighted by Gasteiger charge is 2.41. The highest BCUT2D eigenvalue weighted by atomic mass is 35.5. The molecule has 1 aliphatic rings. The van der Waals surface area contributed by atoms with Crippen molar-refractivity contribution in [2.24, 2.45) is 0 Å². The molecule has 0 aliphatic carbocycles. The number of rotatable bonds is 1. The van der Waals surface area contributed by atoms with Gasteiger partial charge in [0.05, 0.1) is 0 Å². The van der Waals surface area contributed by atoms with Gasteiger partial charge in [0, 0.05) is 19.1 Å². The molecule has 0 spiro atoms. The van der Waals surface area contributed by atoms with E-state index in [1.807, 2.05) is 0 Å². The van der Waals surface area contributed by atoms with Crippen LogP contribution in [0.15, 0.2) is 6.33 Å². The topological polar surface area (TPSA) is 98.7 Å². The van der Waals surface area contributed by atoms with Gasteiger partial charge >= 0.3 is 6.09 Å². The van der Waals surface area contributed by atoms with E-state index in [4.69, 9.17) is 11.6 Å². The molecule has 1 aliphatic heterocycles. The lowest BCUT2D eigenvalue weighted by atomic mass is 10.0. The summed E-state index contributed by atoms with van der Waals surface area (Å²) in [5.41, 5.74) is -0.392. The summed E-state index contributed by atoms with van der Waals surface area (Å²) in [5.74, 6) is 0.0119. The minimum absolute atomic E-state index is 0.104. The number of fused-ring (bicyclic) bond motifs is 1. The van der Waals surface area contributed by atoms with Gasteiger partial charge in [0.25, 0.3) is 5.91 Å². The molecule has 1 atom stereocenters. The summed E-state index contributed by atoms with van der Waals surface area (Å²) in [6.07, 6.45) is 0.120. The van der Waals surface area contributed by atoms with Crippen LogP contribution in [0.3, 0.4) is 0 Å². The smallest absolute Gasteiger partial charge is 0.408 e. The first-order valence-electron chi connectivity index (χ1n) is 6.68. The van der Waals surface area contributed by atoms with Crippen molar-refractivity contribution in [2.45, 2.75) is 32.4 Å². The Morgan fingerprint density at radius 2 is 2.14 bits per heavy atom. The Bertz CT molecular complexity index is 616. The van der Waals surface area contributed by atoms with E-state index in [0.29, 0.717) is 11.5 Å². The lowest BCUT2D eigenvalue weighted by Crippen LogP contribution is -2.58. The van der Waals surface area contributed by atoms with Crippen LogP contribution in [0.2, 0.25) is 5.15 Å². The third-order valence-corrected chi connectivity index (χ3v) is 3.71. The minimum atomic E-state index is -1.16. The molecule has 2 amide bonds. The number of anilines is 2. The van der Waals surface area contributed by atoms with Crippen LogP contribution in [-0.4, -0.2) is 57.1 Å². The number of likely N-dealkylation sites (N-methyl/N-ethyl adjacent to an activating group) is 1. The van der Waals surface area contributed by atoms with Crippen LogP contribution >= 0.6 is 11.6 Å². The van der Waals surface area contributed by atoms with Gasteiger partial charge in [-0.2, -0.15) is 0 Å². The average molecular weight is 328 g/mol. The predicted molar refractivity (Wildman–Crippen MR) is 82.3 cm³/mol. The van der Waals surface area contributed by atoms with Crippen LogP contribution < -0.4 is 10.2 Å². The van der Waals surface area contributed by atoms with E-state index in [0.717, 1.165) is 4.90 Å². The maximum Gasteiger partial charge on any atom is 0.408 e. The first kappa shape index (κ1) is 16.3. The monoisotopic (exact) mass is 327 g/mol. The number of aromatic nitrogens is 2. The molecular weight excluding hydrogens is 310 g/mol. The second kappa shape index (κ2) is 5.60. The van der Waals surface area contributed by atoms with Crippen LogP contribution in [0.5, 0.6) is 0 Å². The Hall–Kier alpha value is -2.09. The van der Waals surface area contributed by atoms with Crippen LogP contribution in [0.25, 0.3) is 0 Å². The lowest BCUT2D eigenvalue weighted by Gasteiger charge is -2.39. The van der Waals surface area contributed by atoms with Crippen LogP contribution in [0.1, 0.15) is 20.8 Å². The standard InChI is InChI=1S/C13H18ClN5O3/c1-13(2,3)19(12(21)22)7-5-15-10-8(18(4)11(7)20)9(14)16-6-17-10/h6-7H,5H2,1-4H3,(H,21,22)(H,15,16,17). The molecule has 0 fully saturated rings. The second-order valence-corrected chi connectivity index (χ2v) is 6.34. The summed E-state index contributed by atoms with van der Waals surface area (Å²) in [4.78, 5) is 34.7. The highest BCUT2D eigenvalue weighted by Crippen LogP contribution is 2.33. The van der Waals surface area contributed by atoms with Crippen molar-refractivity contribution in [1.82, 2.24) is 14.9 Å². The molecular formula is C13H18ClN5O3. The highest BCUT2D eigenvalue weighted by molar-refractivity contribution is 6.33. The zero-order chi connectivity index (χ0) is 16.7. The SMILES string of the molecule is CN1C(=O)C(N(C(=O)O)C(C)(C)C)CNc2ncnc(Cl)c21. The first-order chi connectivity index (χ1) is 10.1. The normalized spacial score (nSPS) is 18.3. The third-order valence-electron chi connectivity index (χ3n) is 3.43. The molecule has 0 bridgehead atoms. The number of nitrogens with one attached hydrogen (secondary N) is 1. The molecule has 1 unspecified atom stereocenters. The first-order valence-corrected chi connectivity index (χ1v) is 7.06. The fourth-order valence-corrected chi connectivity index (χ4v) is 2.75. The van der Waals surface area contributed by atoms with Gasteiger partial charge in [-0.15, -0.1) is 0 Å². The van der Waals surface area contributed by atoms with E-state index < -0.39 is 17.7 Å². The molecule has 0 saturated heterocycles. The molecule has 120 valence electrons. The van der Waals surface area contributed by atoms with E-state index in [9.17, 15) is 14.7 Å². The molecule has 9 heteroatoms. The largest absolute Gasteiger partial charge is 0.465 e. The van der Waals surface area contributed by atoms with Crippen molar-refractivity contribution in [1.29, 1.82) is 0 Å². The summed E-state index contributed by atoms with van der Waals surface area (Å²) < 4.78 is 0. The van der Waals surface area contributed by atoms with Crippen molar-refractivity contribution in [2.75, 3.05) is 23.8 Å². The summed E-state index contributed by atoms with van der Waals surface area (Å²) in [6, 6.07) is -0.896. The average Bonchev–Trinajstić information content (AvgIpc) is 2.50. The number of hydrogen-bond donors (Lipinski definition) is 2. The second-order valence-electron chi connectivity index (χ2n) is 5.98. The van der Waals surface area contributed by atoms with Gasteiger partial charge in [-0.1, -0.05) is 11.6 Å². The maximum absolute atomic E-state index is 12.7. The zero-order valence-corrected chi connectivity index (χ0v) is 13.5. The molecule has 2 rings (SSSR count). The number of nitrogens with zero attached hydrogens (tertiary/aromatic N) is 4. The predicted octanol–water partition coefficient (Wildman–Crippen LogP) is 1.67. The van der Waals surface area contributed by atoms with Crippen LogP contribution in [-0.2, 0) is 4.79 Å². The Morgan fingerprint density at radius 3 is 2.68 bits per heavy atom. The van der Waals surface area contributed by atoms with E-state index in [-0.39, 0.29) is 17.6 Å². The molecule has 0 radical (unpaired) electrons. The van der Waals surface area contributed by atoms with Crippen LogP contribution in [0, 0.1) is 0 Å². The van der Waals surface area contributed by atoms with E-state index in [1.165, 1.54) is 18.3 Å². The fourth-order valence-electron chi connectivity index (χ4n) is 2.49. The molecule has 8 nitrogen and oxygen atoms in total. The van der Waals surface area contributed by atoms with Crippen LogP contribution in [0.4, 0.5) is 16.3 Å². The summed E-state index contributed by atoms with van der Waals surface area (Å²) in [5, 5.41) is 12.6. The number of halogens is 1.